The topological polar surface area (TPSA) is 64.6 Å². The summed E-state index contributed by atoms with van der Waals surface area (Å²) in [6.07, 6.45) is 1.55. The number of hydrogen-bond acceptors (Lipinski definition) is 4. The number of benzene rings is 1. The van der Waals surface area contributed by atoms with Gasteiger partial charge in [0.05, 0.1) is 17.9 Å². The summed E-state index contributed by atoms with van der Waals surface area (Å²) in [6, 6.07) is 8.15. The quantitative estimate of drug-likeness (QED) is 0.481. The molecule has 0 bridgehead atoms. The van der Waals surface area contributed by atoms with Gasteiger partial charge in [-0.3, -0.25) is 4.79 Å². The van der Waals surface area contributed by atoms with E-state index >= 15 is 0 Å². The molecule has 4 rings (SSSR count). The van der Waals surface area contributed by atoms with Crippen LogP contribution in [0.3, 0.4) is 0 Å². The largest absolute Gasteiger partial charge is 0.458 e. The fourth-order valence-electron chi connectivity index (χ4n) is 3.47. The van der Waals surface area contributed by atoms with Gasteiger partial charge in [-0.05, 0) is 31.4 Å². The summed E-state index contributed by atoms with van der Waals surface area (Å²) < 4.78 is 10.7. The van der Waals surface area contributed by atoms with Crippen molar-refractivity contribution in [3.8, 4) is 0 Å². The van der Waals surface area contributed by atoms with E-state index in [2.05, 4.69) is 17.4 Å². The number of fused-ring (bicyclic) bond motifs is 3. The molecule has 0 aromatic heterocycles. The second-order valence-electron chi connectivity index (χ2n) is 6.22. The van der Waals surface area contributed by atoms with Crippen LogP contribution in [0.15, 0.2) is 47.2 Å². The Bertz CT molecular complexity index is 778. The Balaban J connectivity index is 0.000000614. The van der Waals surface area contributed by atoms with Gasteiger partial charge in [0.2, 0.25) is 0 Å². The summed E-state index contributed by atoms with van der Waals surface area (Å²) >= 11 is 0. The van der Waals surface area contributed by atoms with Gasteiger partial charge in [0.25, 0.3) is 12.2 Å². The van der Waals surface area contributed by atoms with Crippen LogP contribution in [0.1, 0.15) is 58.7 Å². The van der Waals surface area contributed by atoms with Gasteiger partial charge in [-0.2, -0.15) is 0 Å². The summed E-state index contributed by atoms with van der Waals surface area (Å²) in [5, 5.41) is 3.02. The van der Waals surface area contributed by atoms with Gasteiger partial charge < -0.3 is 14.8 Å². The average molecular weight is 371 g/mol. The number of nitrogens with one attached hydrogen (secondary N) is 1. The van der Waals surface area contributed by atoms with Crippen LogP contribution in [0, 0.1) is 5.92 Å². The number of amides is 1. The maximum absolute atomic E-state index is 12.2. The fraction of sp³-hybridized carbons (Fsp3) is 0.455. The molecule has 0 radical (unpaired) electrons. The lowest BCUT2D eigenvalue weighted by molar-refractivity contribution is -0.153. The third-order valence-electron chi connectivity index (χ3n) is 4.96. The van der Waals surface area contributed by atoms with Gasteiger partial charge in [0.15, 0.2) is 0 Å². The monoisotopic (exact) mass is 371 g/mol. The molecule has 146 valence electrons. The van der Waals surface area contributed by atoms with Crippen molar-refractivity contribution in [1.82, 2.24) is 5.32 Å². The second-order valence-corrected chi connectivity index (χ2v) is 6.22. The Labute approximate surface area is 161 Å². The van der Waals surface area contributed by atoms with Crippen LogP contribution in [0.25, 0.3) is 0 Å². The molecule has 1 saturated heterocycles. The number of esters is 1. The Kier molecular flexibility index (Phi) is 6.83. The number of cyclic esters (lactones) is 1. The van der Waals surface area contributed by atoms with E-state index in [4.69, 9.17) is 9.47 Å². The van der Waals surface area contributed by atoms with E-state index in [0.717, 1.165) is 12.0 Å². The standard InChI is InChI=1S/C18H17NO4.2C2H6/c1-9-10(2)18(23-17(9)21)22-8-14-13-7-11-5-3-4-6-12(11)15(13)19-16(14)20;2*1-2/h3-6,8,13,15,18H,7H2,1-2H3,(H,19,20);2*1-2H3/b14-8+;;. The number of carbonyl (C=O) groups is 2. The highest BCUT2D eigenvalue weighted by atomic mass is 16.7. The van der Waals surface area contributed by atoms with Crippen LogP contribution in [-0.4, -0.2) is 18.2 Å². The van der Waals surface area contributed by atoms with E-state index in [1.165, 1.54) is 17.4 Å². The normalized spacial score (nSPS) is 26.3. The molecule has 1 aromatic carbocycles. The third-order valence-corrected chi connectivity index (χ3v) is 4.96. The summed E-state index contributed by atoms with van der Waals surface area (Å²) in [4.78, 5) is 23.8. The minimum absolute atomic E-state index is 0.0121. The first-order chi connectivity index (χ1) is 13.1. The molecule has 5 nitrogen and oxygen atoms in total. The van der Waals surface area contributed by atoms with Crippen molar-refractivity contribution in [2.24, 2.45) is 5.92 Å². The van der Waals surface area contributed by atoms with Gasteiger partial charge in [-0.1, -0.05) is 52.0 Å². The zero-order valence-electron chi connectivity index (χ0n) is 17.0. The Morgan fingerprint density at radius 2 is 1.78 bits per heavy atom. The molecular formula is C22H29NO4. The molecule has 1 N–H and O–H groups in total. The zero-order chi connectivity index (χ0) is 20.1. The average Bonchev–Trinajstić information content (AvgIpc) is 3.29. The summed E-state index contributed by atoms with van der Waals surface area (Å²) in [6.45, 7) is 11.5. The molecule has 3 aliphatic rings. The van der Waals surface area contributed by atoms with Crippen LogP contribution < -0.4 is 5.32 Å². The van der Waals surface area contributed by atoms with Crippen LogP contribution in [0.2, 0.25) is 0 Å². The van der Waals surface area contributed by atoms with E-state index < -0.39 is 6.29 Å². The number of hydrogen-bond donors (Lipinski definition) is 1. The van der Waals surface area contributed by atoms with Gasteiger partial charge >= 0.3 is 5.97 Å². The maximum atomic E-state index is 12.2. The molecule has 1 amide bonds. The van der Waals surface area contributed by atoms with Crippen LogP contribution >= 0.6 is 0 Å². The van der Waals surface area contributed by atoms with Gasteiger partial charge in [-0.15, -0.1) is 0 Å². The summed E-state index contributed by atoms with van der Waals surface area (Å²) in [5.74, 6) is -0.410. The first kappa shape index (κ1) is 20.7. The van der Waals surface area contributed by atoms with Crippen LogP contribution in [0.4, 0.5) is 0 Å². The van der Waals surface area contributed by atoms with Crippen molar-refractivity contribution in [3.05, 3.63) is 58.4 Å². The van der Waals surface area contributed by atoms with E-state index in [0.29, 0.717) is 11.1 Å². The van der Waals surface area contributed by atoms with Crippen molar-refractivity contribution in [1.29, 1.82) is 0 Å². The third kappa shape index (κ3) is 3.77. The minimum atomic E-state index is -0.731. The summed E-state index contributed by atoms with van der Waals surface area (Å²) in [5.41, 5.74) is 4.35. The Morgan fingerprint density at radius 1 is 1.11 bits per heavy atom. The number of carbonyl (C=O) groups excluding carboxylic acids is 2. The van der Waals surface area contributed by atoms with Crippen molar-refractivity contribution >= 4 is 11.9 Å². The first-order valence-corrected chi connectivity index (χ1v) is 9.69. The van der Waals surface area contributed by atoms with Crippen LogP contribution in [0.5, 0.6) is 0 Å². The molecule has 1 aromatic rings. The van der Waals surface area contributed by atoms with Crippen LogP contribution in [-0.2, 0) is 25.5 Å². The molecule has 1 aliphatic carbocycles. The summed E-state index contributed by atoms with van der Waals surface area (Å²) in [7, 11) is 0. The van der Waals surface area contributed by atoms with E-state index in [9.17, 15) is 9.59 Å². The molecule has 0 saturated carbocycles. The fourth-order valence-corrected chi connectivity index (χ4v) is 3.47. The lowest BCUT2D eigenvalue weighted by Gasteiger charge is -2.13. The first-order valence-electron chi connectivity index (χ1n) is 9.69. The van der Waals surface area contributed by atoms with Gasteiger partial charge in [0.1, 0.15) is 0 Å². The molecule has 27 heavy (non-hydrogen) atoms. The highest BCUT2D eigenvalue weighted by molar-refractivity contribution is 5.97. The highest BCUT2D eigenvalue weighted by Gasteiger charge is 2.44. The minimum Gasteiger partial charge on any atom is -0.458 e. The molecular weight excluding hydrogens is 342 g/mol. The number of rotatable bonds is 2. The van der Waals surface area contributed by atoms with Crippen molar-refractivity contribution in [2.45, 2.75) is 60.3 Å². The van der Waals surface area contributed by atoms with Crippen molar-refractivity contribution in [2.75, 3.05) is 0 Å². The van der Waals surface area contributed by atoms with E-state index in [1.54, 1.807) is 13.8 Å². The Morgan fingerprint density at radius 3 is 2.41 bits per heavy atom. The smallest absolute Gasteiger partial charge is 0.337 e. The molecule has 2 heterocycles. The molecule has 2 aliphatic heterocycles. The molecule has 3 unspecified atom stereocenters. The van der Waals surface area contributed by atoms with Gasteiger partial charge in [-0.25, -0.2) is 4.79 Å². The molecule has 5 heteroatoms. The lowest BCUT2D eigenvalue weighted by Crippen LogP contribution is -2.19. The molecule has 3 atom stereocenters. The van der Waals surface area contributed by atoms with Crippen molar-refractivity contribution in [3.63, 3.8) is 0 Å². The predicted molar refractivity (Wildman–Crippen MR) is 105 cm³/mol. The van der Waals surface area contributed by atoms with E-state index in [-0.39, 0.29) is 23.8 Å². The van der Waals surface area contributed by atoms with E-state index in [1.807, 2.05) is 39.8 Å². The van der Waals surface area contributed by atoms with Gasteiger partial charge in [0, 0.05) is 17.1 Å². The maximum Gasteiger partial charge on any atom is 0.337 e. The second kappa shape index (κ2) is 8.89. The molecule has 0 spiro atoms. The Hall–Kier alpha value is -2.56. The number of ether oxygens (including phenoxy) is 2. The lowest BCUT2D eigenvalue weighted by atomic mass is 9.97. The predicted octanol–water partition coefficient (Wildman–Crippen LogP) is 4.20. The highest BCUT2D eigenvalue weighted by Crippen LogP contribution is 2.44. The zero-order valence-corrected chi connectivity index (χ0v) is 17.0. The SMILES string of the molecule is CC.CC.CC1=C(C)C(O/C=C2/C(=O)NC3c4ccccc4CC23)OC1=O. The van der Waals surface area contributed by atoms with Crippen molar-refractivity contribution < 1.29 is 19.1 Å². The molecule has 1 fully saturated rings.